The molecule has 2 aromatic carbocycles. The van der Waals surface area contributed by atoms with Gasteiger partial charge in [-0.05, 0) is 62.2 Å². The molecule has 0 bridgehead atoms. The van der Waals surface area contributed by atoms with Crippen molar-refractivity contribution in [2.75, 3.05) is 32.7 Å². The fraction of sp³-hybridized carbons (Fsp3) is 0.409. The lowest BCUT2D eigenvalue weighted by Crippen LogP contribution is -2.40. The van der Waals surface area contributed by atoms with Gasteiger partial charge < -0.3 is 5.32 Å². The number of halogens is 1. The molecule has 0 aliphatic carbocycles. The lowest BCUT2D eigenvalue weighted by atomic mass is 10.0. The number of benzene rings is 2. The van der Waals surface area contributed by atoms with Gasteiger partial charge in [0.25, 0.3) is 0 Å². The topological polar surface area (TPSA) is 69.7 Å². The van der Waals surface area contributed by atoms with E-state index in [1.54, 1.807) is 0 Å². The predicted octanol–water partition coefficient (Wildman–Crippen LogP) is 2.71. The molecule has 1 unspecified atom stereocenters. The Kier molecular flexibility index (Phi) is 7.23. The van der Waals surface area contributed by atoms with E-state index < -0.39 is 15.8 Å². The maximum atomic E-state index is 13.1. The summed E-state index contributed by atoms with van der Waals surface area (Å²) < 4.78 is 40.2. The van der Waals surface area contributed by atoms with Crippen LogP contribution < -0.4 is 5.32 Å². The van der Waals surface area contributed by atoms with Crippen LogP contribution in [0.25, 0.3) is 0 Å². The number of hydrogen-bond acceptors (Lipinski definition) is 4. The number of carbonyl (C=O) groups is 1. The molecule has 0 saturated carbocycles. The first kappa shape index (κ1) is 22.4. The highest BCUT2D eigenvalue weighted by atomic mass is 32.2. The summed E-state index contributed by atoms with van der Waals surface area (Å²) in [5, 5.41) is 3.03. The van der Waals surface area contributed by atoms with Crippen LogP contribution in [0, 0.1) is 12.7 Å². The van der Waals surface area contributed by atoms with Gasteiger partial charge in [0.15, 0.2) is 0 Å². The highest BCUT2D eigenvalue weighted by Crippen LogP contribution is 2.19. The second-order valence-corrected chi connectivity index (χ2v) is 9.57. The molecule has 0 radical (unpaired) electrons. The van der Waals surface area contributed by atoms with Crippen molar-refractivity contribution in [3.05, 3.63) is 65.5 Å². The Bertz CT molecular complexity index is 979. The van der Waals surface area contributed by atoms with Crippen LogP contribution in [-0.2, 0) is 14.8 Å². The first-order chi connectivity index (χ1) is 14.3. The van der Waals surface area contributed by atoms with Gasteiger partial charge in [0.2, 0.25) is 15.9 Å². The molecule has 1 N–H and O–H groups in total. The van der Waals surface area contributed by atoms with E-state index in [1.165, 1.54) is 16.4 Å². The maximum absolute atomic E-state index is 13.1. The molecule has 0 spiro atoms. The minimum absolute atomic E-state index is 0.0828. The second kappa shape index (κ2) is 9.68. The van der Waals surface area contributed by atoms with Crippen molar-refractivity contribution in [1.82, 2.24) is 14.5 Å². The summed E-state index contributed by atoms with van der Waals surface area (Å²) in [6, 6.07) is 12.7. The quantitative estimate of drug-likeness (QED) is 0.761. The van der Waals surface area contributed by atoms with Crippen LogP contribution in [0.3, 0.4) is 0 Å². The SMILES string of the molecule is Cc1ccccc1C(C)NC(=O)CN1CCCN(S(=O)(=O)c2ccc(F)cc2)CC1. The van der Waals surface area contributed by atoms with E-state index in [4.69, 9.17) is 0 Å². The lowest BCUT2D eigenvalue weighted by molar-refractivity contribution is -0.122. The molecule has 1 aliphatic rings. The molecule has 6 nitrogen and oxygen atoms in total. The van der Waals surface area contributed by atoms with Gasteiger partial charge in [-0.25, -0.2) is 12.8 Å². The van der Waals surface area contributed by atoms with Crippen LogP contribution >= 0.6 is 0 Å². The molecule has 1 amide bonds. The van der Waals surface area contributed by atoms with Crippen molar-refractivity contribution in [1.29, 1.82) is 0 Å². The van der Waals surface area contributed by atoms with Gasteiger partial charge in [-0.15, -0.1) is 0 Å². The summed E-state index contributed by atoms with van der Waals surface area (Å²) in [5.74, 6) is -0.553. The highest BCUT2D eigenvalue weighted by molar-refractivity contribution is 7.89. The van der Waals surface area contributed by atoms with Crippen LogP contribution in [0.4, 0.5) is 4.39 Å². The van der Waals surface area contributed by atoms with Crippen molar-refractivity contribution in [3.63, 3.8) is 0 Å². The van der Waals surface area contributed by atoms with Crippen molar-refractivity contribution in [2.24, 2.45) is 0 Å². The van der Waals surface area contributed by atoms with Crippen LogP contribution in [0.15, 0.2) is 53.4 Å². The monoisotopic (exact) mass is 433 g/mol. The number of carbonyl (C=O) groups excluding carboxylic acids is 1. The molecule has 30 heavy (non-hydrogen) atoms. The molecule has 1 saturated heterocycles. The van der Waals surface area contributed by atoms with E-state index >= 15 is 0 Å². The molecular formula is C22H28FN3O3S. The Morgan fingerprint density at radius 2 is 1.77 bits per heavy atom. The Labute approximate surface area is 177 Å². The third-order valence-corrected chi connectivity index (χ3v) is 7.31. The zero-order valence-electron chi connectivity index (χ0n) is 17.3. The number of nitrogens with one attached hydrogen (secondary N) is 1. The first-order valence-electron chi connectivity index (χ1n) is 10.1. The van der Waals surface area contributed by atoms with Crippen LogP contribution in [0.2, 0.25) is 0 Å². The molecule has 1 aliphatic heterocycles. The van der Waals surface area contributed by atoms with Gasteiger partial charge in [-0.3, -0.25) is 9.69 Å². The number of rotatable bonds is 6. The van der Waals surface area contributed by atoms with Gasteiger partial charge in [-0.1, -0.05) is 24.3 Å². The Morgan fingerprint density at radius 1 is 1.07 bits per heavy atom. The third-order valence-electron chi connectivity index (χ3n) is 5.40. The van der Waals surface area contributed by atoms with Crippen LogP contribution in [0.5, 0.6) is 0 Å². The lowest BCUT2D eigenvalue weighted by Gasteiger charge is -2.23. The van der Waals surface area contributed by atoms with E-state index in [0.29, 0.717) is 32.6 Å². The number of amides is 1. The van der Waals surface area contributed by atoms with Gasteiger partial charge in [0, 0.05) is 19.6 Å². The first-order valence-corrected chi connectivity index (χ1v) is 11.5. The van der Waals surface area contributed by atoms with Crippen molar-refractivity contribution in [2.45, 2.75) is 31.2 Å². The summed E-state index contributed by atoms with van der Waals surface area (Å²) in [6.45, 7) is 5.97. The molecule has 3 rings (SSSR count). The zero-order valence-corrected chi connectivity index (χ0v) is 18.2. The molecule has 8 heteroatoms. The minimum Gasteiger partial charge on any atom is -0.348 e. The van der Waals surface area contributed by atoms with Gasteiger partial charge in [0.05, 0.1) is 17.5 Å². The maximum Gasteiger partial charge on any atom is 0.243 e. The summed E-state index contributed by atoms with van der Waals surface area (Å²) in [6.07, 6.45) is 0.626. The molecule has 2 aromatic rings. The fourth-order valence-corrected chi connectivity index (χ4v) is 5.21. The van der Waals surface area contributed by atoms with Crippen molar-refractivity contribution >= 4 is 15.9 Å². The fourth-order valence-electron chi connectivity index (χ4n) is 3.74. The smallest absolute Gasteiger partial charge is 0.243 e. The number of sulfonamides is 1. The Hall–Kier alpha value is -2.29. The van der Waals surface area contributed by atoms with E-state index in [-0.39, 0.29) is 23.4 Å². The van der Waals surface area contributed by atoms with Crippen molar-refractivity contribution in [3.8, 4) is 0 Å². The predicted molar refractivity (Wildman–Crippen MR) is 114 cm³/mol. The average Bonchev–Trinajstić information content (AvgIpc) is 2.94. The van der Waals surface area contributed by atoms with Crippen molar-refractivity contribution < 1.29 is 17.6 Å². The molecular weight excluding hydrogens is 405 g/mol. The molecule has 0 aromatic heterocycles. The average molecular weight is 434 g/mol. The number of aryl methyl sites for hydroxylation is 1. The largest absolute Gasteiger partial charge is 0.348 e. The summed E-state index contributed by atoms with van der Waals surface area (Å²) in [7, 11) is -3.67. The molecule has 1 atom stereocenters. The normalized spacial score (nSPS) is 17.3. The minimum atomic E-state index is -3.67. The molecule has 1 fully saturated rings. The third kappa shape index (κ3) is 5.44. The Balaban J connectivity index is 1.56. The molecule has 162 valence electrons. The summed E-state index contributed by atoms with van der Waals surface area (Å²) in [5.41, 5.74) is 2.21. The van der Waals surface area contributed by atoms with E-state index in [9.17, 15) is 17.6 Å². The Morgan fingerprint density at radius 3 is 2.47 bits per heavy atom. The van der Waals surface area contributed by atoms with Gasteiger partial charge >= 0.3 is 0 Å². The molecule has 1 heterocycles. The number of hydrogen-bond donors (Lipinski definition) is 1. The summed E-state index contributed by atoms with van der Waals surface area (Å²) >= 11 is 0. The van der Waals surface area contributed by atoms with E-state index in [1.807, 2.05) is 43.0 Å². The highest BCUT2D eigenvalue weighted by Gasteiger charge is 2.27. The van der Waals surface area contributed by atoms with Gasteiger partial charge in [-0.2, -0.15) is 4.31 Å². The standard InChI is InChI=1S/C22H28FN3O3S/c1-17-6-3-4-7-21(17)18(2)24-22(27)16-25-12-5-13-26(15-14-25)30(28,29)20-10-8-19(23)9-11-20/h3-4,6-11,18H,5,12-16H2,1-2H3,(H,24,27). The van der Waals surface area contributed by atoms with Crippen LogP contribution in [-0.4, -0.2) is 56.3 Å². The van der Waals surface area contributed by atoms with E-state index in [2.05, 4.69) is 5.32 Å². The number of nitrogens with zero attached hydrogens (tertiary/aromatic N) is 2. The second-order valence-electron chi connectivity index (χ2n) is 7.63. The zero-order chi connectivity index (χ0) is 21.7. The van der Waals surface area contributed by atoms with Gasteiger partial charge in [0.1, 0.15) is 5.82 Å². The van der Waals surface area contributed by atoms with E-state index in [0.717, 1.165) is 23.3 Å². The van der Waals surface area contributed by atoms with Crippen LogP contribution in [0.1, 0.15) is 30.5 Å². The summed E-state index contributed by atoms with van der Waals surface area (Å²) in [4.78, 5) is 14.6.